The van der Waals surface area contributed by atoms with E-state index in [1.54, 1.807) is 19.9 Å². The van der Waals surface area contributed by atoms with Crippen LogP contribution in [0, 0.1) is 12.8 Å². The molecule has 2 amide bonds. The molecule has 1 aromatic heterocycles. The molecule has 1 N–H and O–H groups in total. The molecule has 0 aliphatic carbocycles. The summed E-state index contributed by atoms with van der Waals surface area (Å²) in [4.78, 5) is 26.8. The molecular weight excluding hydrogens is 426 g/mol. The largest absolute Gasteiger partial charge is 0.494 e. The van der Waals surface area contributed by atoms with E-state index in [1.807, 2.05) is 24.0 Å². The zero-order chi connectivity index (χ0) is 22.9. The Morgan fingerprint density at radius 3 is 2.62 bits per heavy atom. The number of nitrogens with one attached hydrogen (secondary N) is 1. The molecule has 8 heteroatoms. The van der Waals surface area contributed by atoms with Crippen molar-refractivity contribution < 1.29 is 18.8 Å². The Morgan fingerprint density at radius 1 is 1.28 bits per heavy atom. The second-order valence-corrected chi connectivity index (χ2v) is 9.53. The average Bonchev–Trinajstić information content (AvgIpc) is 3.21. The Bertz CT molecular complexity index is 876. The first-order chi connectivity index (χ1) is 15.4. The summed E-state index contributed by atoms with van der Waals surface area (Å²) in [6.45, 7) is 7.83. The van der Waals surface area contributed by atoms with Crippen molar-refractivity contribution in [3.8, 4) is 5.75 Å². The molecule has 0 spiro atoms. The molecule has 0 radical (unpaired) electrons. The van der Waals surface area contributed by atoms with Gasteiger partial charge in [0.1, 0.15) is 11.5 Å². The summed E-state index contributed by atoms with van der Waals surface area (Å²) in [6.07, 6.45) is 4.27. The van der Waals surface area contributed by atoms with Gasteiger partial charge >= 0.3 is 0 Å². The van der Waals surface area contributed by atoms with Crippen LogP contribution >= 0.6 is 11.8 Å². The Labute approximate surface area is 194 Å². The van der Waals surface area contributed by atoms with Gasteiger partial charge in [0.25, 0.3) is 0 Å². The van der Waals surface area contributed by atoms with E-state index < -0.39 is 0 Å². The number of piperidine rings is 1. The molecular formula is C24H33N3O4S. The molecule has 0 saturated carbocycles. The van der Waals surface area contributed by atoms with Crippen LogP contribution in [-0.4, -0.2) is 52.6 Å². The summed E-state index contributed by atoms with van der Waals surface area (Å²) in [5, 5.41) is 6.13. The van der Waals surface area contributed by atoms with Crippen molar-refractivity contribution in [1.29, 1.82) is 0 Å². The van der Waals surface area contributed by atoms with Crippen molar-refractivity contribution in [3.05, 3.63) is 41.7 Å². The molecule has 1 aliphatic rings. The quantitative estimate of drug-likeness (QED) is 0.570. The van der Waals surface area contributed by atoms with Gasteiger partial charge in [-0.1, -0.05) is 17.3 Å². The van der Waals surface area contributed by atoms with Crippen molar-refractivity contribution in [1.82, 2.24) is 10.1 Å². The molecule has 1 saturated heterocycles. The van der Waals surface area contributed by atoms with Crippen molar-refractivity contribution in [3.63, 3.8) is 0 Å². The number of benzene rings is 1. The number of ether oxygens (including phenoxy) is 1. The van der Waals surface area contributed by atoms with Crippen LogP contribution in [0.15, 0.2) is 34.9 Å². The van der Waals surface area contributed by atoms with Crippen molar-refractivity contribution >= 4 is 29.4 Å². The van der Waals surface area contributed by atoms with Crippen LogP contribution in [0.25, 0.3) is 0 Å². The van der Waals surface area contributed by atoms with Crippen LogP contribution in [0.3, 0.4) is 0 Å². The summed E-state index contributed by atoms with van der Waals surface area (Å²) in [5.41, 5.74) is 1.33. The smallest absolute Gasteiger partial charge is 0.238 e. The summed E-state index contributed by atoms with van der Waals surface area (Å²) in [7, 11) is 0. The summed E-state index contributed by atoms with van der Waals surface area (Å²) in [5.74, 6) is 2.84. The van der Waals surface area contributed by atoms with E-state index in [0.29, 0.717) is 29.9 Å². The lowest BCUT2D eigenvalue weighted by Gasteiger charge is -2.32. The molecule has 2 aromatic rings. The molecule has 2 heterocycles. The van der Waals surface area contributed by atoms with Gasteiger partial charge in [-0.15, -0.1) is 11.8 Å². The predicted molar refractivity (Wildman–Crippen MR) is 127 cm³/mol. The second-order valence-electron chi connectivity index (χ2n) is 8.21. The highest BCUT2D eigenvalue weighted by Gasteiger charge is 2.24. The van der Waals surface area contributed by atoms with Gasteiger partial charge in [0.15, 0.2) is 5.82 Å². The minimum atomic E-state index is -0.345. The number of rotatable bonds is 10. The van der Waals surface area contributed by atoms with E-state index in [2.05, 4.69) is 22.6 Å². The summed E-state index contributed by atoms with van der Waals surface area (Å²) in [6, 6.07) is 10.0. The SMILES string of the molecule is CCOc1ccc(CCC2CCN(C(=O)CSC(C)C(=O)Nc3cc(C)on3)CC2)cc1. The van der Waals surface area contributed by atoms with Crippen LogP contribution in [0.2, 0.25) is 0 Å². The van der Waals surface area contributed by atoms with Gasteiger partial charge in [0.2, 0.25) is 11.8 Å². The standard InChI is InChI=1S/C24H33N3O4S/c1-4-30-21-9-7-19(8-10-21)5-6-20-11-13-27(14-12-20)23(28)16-32-18(3)24(29)25-22-15-17(2)31-26-22/h7-10,15,18,20H,4-6,11-14,16H2,1-3H3,(H,25,26,29). The highest BCUT2D eigenvalue weighted by atomic mass is 32.2. The maximum Gasteiger partial charge on any atom is 0.238 e. The number of hydrogen-bond donors (Lipinski definition) is 1. The maximum atomic E-state index is 12.6. The van der Waals surface area contributed by atoms with Crippen LogP contribution in [-0.2, 0) is 16.0 Å². The Kier molecular flexibility index (Phi) is 9.02. The van der Waals surface area contributed by atoms with Gasteiger partial charge in [0.05, 0.1) is 17.6 Å². The fourth-order valence-electron chi connectivity index (χ4n) is 3.78. The number of likely N-dealkylation sites (tertiary alicyclic amines) is 1. The molecule has 0 bridgehead atoms. The fraction of sp³-hybridized carbons (Fsp3) is 0.542. The lowest BCUT2D eigenvalue weighted by molar-refractivity contribution is -0.129. The van der Waals surface area contributed by atoms with Crippen molar-refractivity contribution in [2.45, 2.75) is 51.7 Å². The van der Waals surface area contributed by atoms with Crippen LogP contribution < -0.4 is 10.1 Å². The first-order valence-corrected chi connectivity index (χ1v) is 12.3. The third-order valence-electron chi connectivity index (χ3n) is 5.75. The van der Waals surface area contributed by atoms with Gasteiger partial charge < -0.3 is 19.5 Å². The Morgan fingerprint density at radius 2 is 2.00 bits per heavy atom. The van der Waals surface area contributed by atoms with Crippen molar-refractivity contribution in [2.24, 2.45) is 5.92 Å². The molecule has 7 nitrogen and oxygen atoms in total. The number of carbonyl (C=O) groups is 2. The molecule has 174 valence electrons. The van der Waals surface area contributed by atoms with Gasteiger partial charge in [-0.05, 0) is 70.1 Å². The topological polar surface area (TPSA) is 84.7 Å². The average molecular weight is 460 g/mol. The minimum Gasteiger partial charge on any atom is -0.494 e. The summed E-state index contributed by atoms with van der Waals surface area (Å²) < 4.78 is 10.4. The van der Waals surface area contributed by atoms with Crippen LogP contribution in [0.1, 0.15) is 44.4 Å². The van der Waals surface area contributed by atoms with E-state index >= 15 is 0 Å². The zero-order valence-electron chi connectivity index (χ0n) is 19.1. The molecule has 1 aliphatic heterocycles. The zero-order valence-corrected chi connectivity index (χ0v) is 20.0. The number of amides is 2. The summed E-state index contributed by atoms with van der Waals surface area (Å²) >= 11 is 1.35. The van der Waals surface area contributed by atoms with E-state index in [-0.39, 0.29) is 17.1 Å². The van der Waals surface area contributed by atoms with E-state index in [1.165, 1.54) is 17.3 Å². The van der Waals surface area contributed by atoms with Crippen molar-refractivity contribution in [2.75, 3.05) is 30.8 Å². The molecule has 1 aromatic carbocycles. The highest BCUT2D eigenvalue weighted by molar-refractivity contribution is 8.01. The number of aromatic nitrogens is 1. The first kappa shape index (κ1) is 24.2. The normalized spacial score (nSPS) is 15.4. The molecule has 1 unspecified atom stereocenters. The Balaban J connectivity index is 1.33. The lowest BCUT2D eigenvalue weighted by Crippen LogP contribution is -2.40. The predicted octanol–water partition coefficient (Wildman–Crippen LogP) is 4.31. The first-order valence-electron chi connectivity index (χ1n) is 11.3. The number of thioether (sulfide) groups is 1. The number of carbonyl (C=O) groups excluding carboxylic acids is 2. The Hall–Kier alpha value is -2.48. The van der Waals surface area contributed by atoms with E-state index in [9.17, 15) is 9.59 Å². The molecule has 1 fully saturated rings. The third-order valence-corrected chi connectivity index (χ3v) is 6.88. The maximum absolute atomic E-state index is 12.6. The fourth-order valence-corrected chi connectivity index (χ4v) is 4.56. The minimum absolute atomic E-state index is 0.108. The van der Waals surface area contributed by atoms with Crippen LogP contribution in [0.5, 0.6) is 5.75 Å². The second kappa shape index (κ2) is 11.9. The van der Waals surface area contributed by atoms with Crippen LogP contribution in [0.4, 0.5) is 5.82 Å². The van der Waals surface area contributed by atoms with Gasteiger partial charge in [-0.2, -0.15) is 0 Å². The number of anilines is 1. The highest BCUT2D eigenvalue weighted by Crippen LogP contribution is 2.24. The van der Waals surface area contributed by atoms with Gasteiger partial charge in [-0.25, -0.2) is 0 Å². The van der Waals surface area contributed by atoms with E-state index in [0.717, 1.165) is 44.5 Å². The monoisotopic (exact) mass is 459 g/mol. The van der Waals surface area contributed by atoms with E-state index in [4.69, 9.17) is 9.26 Å². The molecule has 3 rings (SSSR count). The number of nitrogens with zero attached hydrogens (tertiary/aromatic N) is 2. The van der Waals surface area contributed by atoms with Gasteiger partial charge in [0, 0.05) is 19.2 Å². The third kappa shape index (κ3) is 7.29. The molecule has 1 atom stereocenters. The lowest BCUT2D eigenvalue weighted by atomic mass is 9.90. The number of aryl methyl sites for hydroxylation is 2. The van der Waals surface area contributed by atoms with Gasteiger partial charge in [-0.3, -0.25) is 9.59 Å². The molecule has 32 heavy (non-hydrogen) atoms. The number of hydrogen-bond acceptors (Lipinski definition) is 6.